The van der Waals surface area contributed by atoms with Gasteiger partial charge in [-0.1, -0.05) is 6.07 Å². The van der Waals surface area contributed by atoms with E-state index in [1.54, 1.807) is 12.1 Å². The van der Waals surface area contributed by atoms with E-state index in [9.17, 15) is 13.2 Å². The molecule has 0 aliphatic rings. The first-order valence-corrected chi connectivity index (χ1v) is 6.60. The quantitative estimate of drug-likeness (QED) is 0.826. The molecule has 17 heavy (non-hydrogen) atoms. The summed E-state index contributed by atoms with van der Waals surface area (Å²) in [6.07, 6.45) is -0.232. The van der Waals surface area contributed by atoms with Crippen LogP contribution in [-0.4, -0.2) is 26.0 Å². The van der Waals surface area contributed by atoms with E-state index in [0.717, 1.165) is 11.1 Å². The smallest absolute Gasteiger partial charge is 0.304 e. The van der Waals surface area contributed by atoms with Gasteiger partial charge in [0, 0.05) is 6.54 Å². The highest BCUT2D eigenvalue weighted by Gasteiger charge is 2.14. The summed E-state index contributed by atoms with van der Waals surface area (Å²) in [5.41, 5.74) is 1.89. The highest BCUT2D eigenvalue weighted by molar-refractivity contribution is 7.89. The van der Waals surface area contributed by atoms with Crippen LogP contribution in [0.1, 0.15) is 17.5 Å². The van der Waals surface area contributed by atoms with Gasteiger partial charge >= 0.3 is 5.97 Å². The lowest BCUT2D eigenvalue weighted by molar-refractivity contribution is -0.136. The third-order valence-corrected chi connectivity index (χ3v) is 3.88. The van der Waals surface area contributed by atoms with Crippen molar-refractivity contribution < 1.29 is 18.3 Å². The molecule has 1 aromatic rings. The SMILES string of the molecule is Cc1ccc(S(=O)(=O)NCCC(=O)O)cc1C. The molecule has 0 aliphatic carbocycles. The Balaban J connectivity index is 2.82. The van der Waals surface area contributed by atoms with Crippen LogP contribution in [0.3, 0.4) is 0 Å². The summed E-state index contributed by atoms with van der Waals surface area (Å²) >= 11 is 0. The molecule has 0 aliphatic heterocycles. The number of carboxylic acid groups (broad SMARTS) is 1. The molecule has 0 atom stereocenters. The Morgan fingerprint density at radius 3 is 2.47 bits per heavy atom. The first kappa shape index (κ1) is 13.7. The van der Waals surface area contributed by atoms with Gasteiger partial charge in [-0.25, -0.2) is 13.1 Å². The van der Waals surface area contributed by atoms with Crippen molar-refractivity contribution in [3.63, 3.8) is 0 Å². The molecule has 0 radical (unpaired) electrons. The maximum Gasteiger partial charge on any atom is 0.304 e. The van der Waals surface area contributed by atoms with Gasteiger partial charge in [0.15, 0.2) is 0 Å². The number of rotatable bonds is 5. The Bertz CT molecular complexity index is 522. The van der Waals surface area contributed by atoms with E-state index in [1.165, 1.54) is 6.07 Å². The minimum absolute atomic E-state index is 0.107. The number of carboxylic acids is 1. The van der Waals surface area contributed by atoms with E-state index < -0.39 is 16.0 Å². The second-order valence-corrected chi connectivity index (χ2v) is 5.55. The maximum atomic E-state index is 11.8. The Labute approximate surface area is 101 Å². The molecule has 0 saturated heterocycles. The van der Waals surface area contributed by atoms with E-state index in [-0.39, 0.29) is 17.9 Å². The average Bonchev–Trinajstić information content (AvgIpc) is 2.21. The van der Waals surface area contributed by atoms with E-state index >= 15 is 0 Å². The molecule has 6 heteroatoms. The largest absolute Gasteiger partial charge is 0.481 e. The van der Waals surface area contributed by atoms with E-state index in [1.807, 2.05) is 13.8 Å². The summed E-state index contributed by atoms with van der Waals surface area (Å²) in [5.74, 6) is -1.03. The molecule has 0 unspecified atom stereocenters. The molecule has 1 rings (SSSR count). The summed E-state index contributed by atoms with van der Waals surface area (Å²) in [7, 11) is -3.61. The van der Waals surface area contributed by atoms with Crippen LogP contribution in [-0.2, 0) is 14.8 Å². The molecule has 0 spiro atoms. The predicted molar refractivity (Wildman–Crippen MR) is 63.4 cm³/mol. The van der Waals surface area contributed by atoms with Crippen LogP contribution in [0.15, 0.2) is 23.1 Å². The third kappa shape index (κ3) is 3.83. The first-order chi connectivity index (χ1) is 7.83. The van der Waals surface area contributed by atoms with Gasteiger partial charge in [-0.15, -0.1) is 0 Å². The summed E-state index contributed by atoms with van der Waals surface area (Å²) in [6.45, 7) is 3.61. The van der Waals surface area contributed by atoms with Crippen LogP contribution in [0.25, 0.3) is 0 Å². The molecular weight excluding hydrogens is 242 g/mol. The fourth-order valence-corrected chi connectivity index (χ4v) is 2.37. The monoisotopic (exact) mass is 257 g/mol. The van der Waals surface area contributed by atoms with E-state index in [0.29, 0.717) is 0 Å². The molecule has 0 aromatic heterocycles. The summed E-state index contributed by atoms with van der Waals surface area (Å²) < 4.78 is 25.8. The Morgan fingerprint density at radius 1 is 1.29 bits per heavy atom. The van der Waals surface area contributed by atoms with Crippen LogP contribution < -0.4 is 4.72 Å². The third-order valence-electron chi connectivity index (χ3n) is 2.42. The van der Waals surface area contributed by atoms with Gasteiger partial charge in [-0.05, 0) is 37.1 Å². The molecular formula is C11H15NO4S. The van der Waals surface area contributed by atoms with Crippen LogP contribution >= 0.6 is 0 Å². The second kappa shape index (κ2) is 5.29. The van der Waals surface area contributed by atoms with Gasteiger partial charge in [-0.2, -0.15) is 0 Å². The zero-order valence-electron chi connectivity index (χ0n) is 9.73. The lowest BCUT2D eigenvalue weighted by atomic mass is 10.1. The Hall–Kier alpha value is -1.40. The van der Waals surface area contributed by atoms with Gasteiger partial charge in [-0.3, -0.25) is 4.79 Å². The number of aryl methyl sites for hydroxylation is 2. The van der Waals surface area contributed by atoms with Crippen molar-refractivity contribution in [2.75, 3.05) is 6.54 Å². The maximum absolute atomic E-state index is 11.8. The van der Waals surface area contributed by atoms with Crippen molar-refractivity contribution in [1.82, 2.24) is 4.72 Å². The highest BCUT2D eigenvalue weighted by atomic mass is 32.2. The van der Waals surface area contributed by atoms with Crippen LogP contribution in [0.5, 0.6) is 0 Å². The van der Waals surface area contributed by atoms with Crippen molar-refractivity contribution in [3.05, 3.63) is 29.3 Å². The zero-order chi connectivity index (χ0) is 13.1. The number of sulfonamides is 1. The standard InChI is InChI=1S/C11H15NO4S/c1-8-3-4-10(7-9(8)2)17(15,16)12-6-5-11(13)14/h3-4,7,12H,5-6H2,1-2H3,(H,13,14). The van der Waals surface area contributed by atoms with Gasteiger partial charge in [0.1, 0.15) is 0 Å². The lowest BCUT2D eigenvalue weighted by Crippen LogP contribution is -2.26. The molecule has 0 amide bonds. The molecule has 0 heterocycles. The van der Waals surface area contributed by atoms with Crippen molar-refractivity contribution in [3.8, 4) is 0 Å². The number of aliphatic carboxylic acids is 1. The average molecular weight is 257 g/mol. The van der Waals surface area contributed by atoms with Gasteiger partial charge in [0.05, 0.1) is 11.3 Å². The topological polar surface area (TPSA) is 83.5 Å². The lowest BCUT2D eigenvalue weighted by Gasteiger charge is -2.07. The summed E-state index contributed by atoms with van der Waals surface area (Å²) in [5, 5.41) is 8.43. The summed E-state index contributed by atoms with van der Waals surface area (Å²) in [4.78, 5) is 10.4. The fourth-order valence-electron chi connectivity index (χ4n) is 1.26. The first-order valence-electron chi connectivity index (χ1n) is 5.11. The molecule has 94 valence electrons. The number of hydrogen-bond donors (Lipinski definition) is 2. The van der Waals surface area contributed by atoms with E-state index in [4.69, 9.17) is 5.11 Å². The summed E-state index contributed by atoms with van der Waals surface area (Å²) in [6, 6.07) is 4.80. The minimum atomic E-state index is -3.61. The Kier molecular flexibility index (Phi) is 4.25. The molecule has 2 N–H and O–H groups in total. The normalized spacial score (nSPS) is 11.4. The number of nitrogens with one attached hydrogen (secondary N) is 1. The van der Waals surface area contributed by atoms with Crippen LogP contribution in [0.2, 0.25) is 0 Å². The molecule has 5 nitrogen and oxygen atoms in total. The number of benzene rings is 1. The molecule has 0 bridgehead atoms. The Morgan fingerprint density at radius 2 is 1.94 bits per heavy atom. The van der Waals surface area contributed by atoms with Crippen molar-refractivity contribution in [2.45, 2.75) is 25.2 Å². The fraction of sp³-hybridized carbons (Fsp3) is 0.364. The van der Waals surface area contributed by atoms with Crippen molar-refractivity contribution >= 4 is 16.0 Å². The highest BCUT2D eigenvalue weighted by Crippen LogP contribution is 2.14. The van der Waals surface area contributed by atoms with Gasteiger partial charge < -0.3 is 5.11 Å². The van der Waals surface area contributed by atoms with Gasteiger partial charge in [0.25, 0.3) is 0 Å². The van der Waals surface area contributed by atoms with Crippen LogP contribution in [0.4, 0.5) is 0 Å². The molecule has 0 saturated carbocycles. The minimum Gasteiger partial charge on any atom is -0.481 e. The predicted octanol–water partition coefficient (Wildman–Crippen LogP) is 1.06. The van der Waals surface area contributed by atoms with Crippen molar-refractivity contribution in [2.24, 2.45) is 0 Å². The zero-order valence-corrected chi connectivity index (χ0v) is 10.5. The number of carbonyl (C=O) groups is 1. The second-order valence-electron chi connectivity index (χ2n) is 3.79. The van der Waals surface area contributed by atoms with E-state index in [2.05, 4.69) is 4.72 Å². The molecule has 0 fully saturated rings. The van der Waals surface area contributed by atoms with Crippen LogP contribution in [0, 0.1) is 13.8 Å². The van der Waals surface area contributed by atoms with Gasteiger partial charge in [0.2, 0.25) is 10.0 Å². The van der Waals surface area contributed by atoms with Crippen molar-refractivity contribution in [1.29, 1.82) is 0 Å². The number of hydrogen-bond acceptors (Lipinski definition) is 3. The molecule has 1 aromatic carbocycles.